The van der Waals surface area contributed by atoms with E-state index in [1.165, 1.54) is 6.92 Å². The molecule has 0 unspecified atom stereocenters. The van der Waals surface area contributed by atoms with Gasteiger partial charge in [0, 0.05) is 0 Å². The third-order valence-corrected chi connectivity index (χ3v) is 1.21. The lowest BCUT2D eigenvalue weighted by molar-refractivity contribution is -0.141. The van der Waals surface area contributed by atoms with Crippen molar-refractivity contribution >= 4 is 0 Å². The summed E-state index contributed by atoms with van der Waals surface area (Å²) in [5.41, 5.74) is -1.23. The van der Waals surface area contributed by atoms with Gasteiger partial charge in [0.05, 0.1) is 11.9 Å². The summed E-state index contributed by atoms with van der Waals surface area (Å²) in [5.74, 6) is -0.483. The fourth-order valence-electron chi connectivity index (χ4n) is 0.612. The van der Waals surface area contributed by atoms with Crippen molar-refractivity contribution in [3.05, 3.63) is 17.6 Å². The van der Waals surface area contributed by atoms with E-state index in [2.05, 4.69) is 9.97 Å². The molecule has 1 heterocycles. The second-order valence-corrected chi connectivity index (χ2v) is 2.16. The standard InChI is InChI=1S/C6H5F3N2O/c1-3-5(12)10-2-4(11-3)6(7,8)9/h2H,1H3,(H,10,12). The molecule has 0 fully saturated rings. The summed E-state index contributed by atoms with van der Waals surface area (Å²) in [7, 11) is 0. The van der Waals surface area contributed by atoms with Crippen molar-refractivity contribution in [2.24, 2.45) is 0 Å². The Morgan fingerprint density at radius 1 is 1.42 bits per heavy atom. The van der Waals surface area contributed by atoms with E-state index in [9.17, 15) is 13.2 Å². The zero-order valence-corrected chi connectivity index (χ0v) is 6.05. The molecule has 1 rings (SSSR count). The van der Waals surface area contributed by atoms with Gasteiger partial charge in [0.1, 0.15) is 0 Å². The van der Waals surface area contributed by atoms with Gasteiger partial charge in [-0.15, -0.1) is 0 Å². The van der Waals surface area contributed by atoms with E-state index in [1.807, 2.05) is 0 Å². The first-order chi connectivity index (χ1) is 5.41. The highest BCUT2D eigenvalue weighted by atomic mass is 19.4. The molecule has 1 N–H and O–H groups in total. The Kier molecular flexibility index (Phi) is 1.91. The number of nitrogens with zero attached hydrogens (tertiary/aromatic N) is 2. The molecule has 0 spiro atoms. The molecule has 3 nitrogen and oxygen atoms in total. The van der Waals surface area contributed by atoms with Crippen molar-refractivity contribution in [1.29, 1.82) is 0 Å². The summed E-state index contributed by atoms with van der Waals surface area (Å²) < 4.78 is 35.7. The molecular formula is C6H5F3N2O. The van der Waals surface area contributed by atoms with E-state index in [0.29, 0.717) is 6.20 Å². The number of rotatable bonds is 0. The second kappa shape index (κ2) is 2.62. The Morgan fingerprint density at radius 2 is 2.00 bits per heavy atom. The van der Waals surface area contributed by atoms with Crippen LogP contribution in [0.5, 0.6) is 5.88 Å². The molecule has 0 atom stereocenters. The summed E-state index contributed by atoms with van der Waals surface area (Å²) in [6.07, 6.45) is -4.02. The molecule has 0 aliphatic carbocycles. The van der Waals surface area contributed by atoms with E-state index < -0.39 is 17.8 Å². The van der Waals surface area contributed by atoms with Gasteiger partial charge in [0.25, 0.3) is 0 Å². The van der Waals surface area contributed by atoms with Gasteiger partial charge >= 0.3 is 6.18 Å². The molecule has 0 bridgehead atoms. The van der Waals surface area contributed by atoms with E-state index in [0.717, 1.165) is 0 Å². The first-order valence-corrected chi connectivity index (χ1v) is 3.01. The summed E-state index contributed by atoms with van der Waals surface area (Å²) in [4.78, 5) is 6.22. The third-order valence-electron chi connectivity index (χ3n) is 1.21. The van der Waals surface area contributed by atoms with E-state index in [1.54, 1.807) is 0 Å². The highest BCUT2D eigenvalue weighted by Crippen LogP contribution is 2.27. The Hall–Kier alpha value is -1.33. The molecule has 12 heavy (non-hydrogen) atoms. The van der Waals surface area contributed by atoms with Gasteiger partial charge < -0.3 is 5.11 Å². The highest BCUT2D eigenvalue weighted by Gasteiger charge is 2.33. The topological polar surface area (TPSA) is 46.0 Å². The number of aromatic nitrogens is 2. The molecule has 66 valence electrons. The lowest BCUT2D eigenvalue weighted by atomic mass is 10.4. The molecule has 0 saturated heterocycles. The SMILES string of the molecule is Cc1nc(C(F)(F)F)cnc1O. The van der Waals surface area contributed by atoms with Crippen LogP contribution in [0.1, 0.15) is 11.4 Å². The van der Waals surface area contributed by atoms with Gasteiger partial charge in [-0.1, -0.05) is 0 Å². The second-order valence-electron chi connectivity index (χ2n) is 2.16. The number of hydrogen-bond acceptors (Lipinski definition) is 3. The van der Waals surface area contributed by atoms with Crippen LogP contribution in [0.25, 0.3) is 0 Å². The molecule has 0 radical (unpaired) electrons. The maximum absolute atomic E-state index is 11.9. The van der Waals surface area contributed by atoms with Crippen molar-refractivity contribution in [2.45, 2.75) is 13.1 Å². The molecule has 6 heteroatoms. The predicted molar refractivity (Wildman–Crippen MR) is 33.4 cm³/mol. The zero-order chi connectivity index (χ0) is 9.35. The van der Waals surface area contributed by atoms with Gasteiger partial charge in [0.2, 0.25) is 5.88 Å². The minimum Gasteiger partial charge on any atom is -0.492 e. The fourth-order valence-corrected chi connectivity index (χ4v) is 0.612. The van der Waals surface area contributed by atoms with Crippen molar-refractivity contribution < 1.29 is 18.3 Å². The first kappa shape index (κ1) is 8.76. The molecule has 0 amide bonds. The summed E-state index contributed by atoms with van der Waals surface area (Å²) >= 11 is 0. The minimum absolute atomic E-state index is 0.134. The number of aryl methyl sites for hydroxylation is 1. The number of hydrogen-bond donors (Lipinski definition) is 1. The maximum atomic E-state index is 11.9. The predicted octanol–water partition coefficient (Wildman–Crippen LogP) is 1.51. The summed E-state index contributed by atoms with van der Waals surface area (Å²) in [6.45, 7) is 1.25. The average molecular weight is 178 g/mol. The number of halogens is 3. The van der Waals surface area contributed by atoms with Crippen molar-refractivity contribution in [3.8, 4) is 5.88 Å². The van der Waals surface area contributed by atoms with Crippen LogP contribution in [0.4, 0.5) is 13.2 Å². The van der Waals surface area contributed by atoms with Gasteiger partial charge in [-0.05, 0) is 6.92 Å². The first-order valence-electron chi connectivity index (χ1n) is 3.01. The maximum Gasteiger partial charge on any atom is 0.434 e. The monoisotopic (exact) mass is 178 g/mol. The normalized spacial score (nSPS) is 11.7. The molecule has 1 aromatic rings. The van der Waals surface area contributed by atoms with Gasteiger partial charge in [-0.3, -0.25) is 0 Å². The molecule has 0 aromatic carbocycles. The van der Waals surface area contributed by atoms with E-state index >= 15 is 0 Å². The number of alkyl halides is 3. The Balaban J connectivity index is 3.14. The van der Waals surface area contributed by atoms with E-state index in [4.69, 9.17) is 5.11 Å². The van der Waals surface area contributed by atoms with Crippen LogP contribution in [0, 0.1) is 6.92 Å². The zero-order valence-electron chi connectivity index (χ0n) is 6.05. The van der Waals surface area contributed by atoms with Crippen LogP contribution in [0.2, 0.25) is 0 Å². The van der Waals surface area contributed by atoms with Crippen LogP contribution in [0.3, 0.4) is 0 Å². The minimum atomic E-state index is -4.51. The van der Waals surface area contributed by atoms with Crippen LogP contribution in [-0.4, -0.2) is 15.1 Å². The van der Waals surface area contributed by atoms with Gasteiger partial charge in [-0.2, -0.15) is 13.2 Å². The lowest BCUT2D eigenvalue weighted by Gasteiger charge is -2.05. The van der Waals surface area contributed by atoms with Crippen molar-refractivity contribution in [1.82, 2.24) is 9.97 Å². The van der Waals surface area contributed by atoms with Crippen LogP contribution < -0.4 is 0 Å². The van der Waals surface area contributed by atoms with Crippen molar-refractivity contribution in [3.63, 3.8) is 0 Å². The summed E-state index contributed by atoms with van der Waals surface area (Å²) in [5, 5.41) is 8.77. The lowest BCUT2D eigenvalue weighted by Crippen LogP contribution is -2.09. The quantitative estimate of drug-likeness (QED) is 0.654. The Bertz CT molecular complexity index is 297. The van der Waals surface area contributed by atoms with E-state index in [-0.39, 0.29) is 5.69 Å². The third kappa shape index (κ3) is 1.63. The number of aromatic hydroxyl groups is 1. The Labute approximate surface area is 65.9 Å². The molecule has 1 aromatic heterocycles. The Morgan fingerprint density at radius 3 is 2.42 bits per heavy atom. The molecule has 0 saturated carbocycles. The van der Waals surface area contributed by atoms with Gasteiger partial charge in [-0.25, -0.2) is 9.97 Å². The highest BCUT2D eigenvalue weighted by molar-refractivity contribution is 5.17. The van der Waals surface area contributed by atoms with Crippen LogP contribution in [-0.2, 0) is 6.18 Å². The smallest absolute Gasteiger partial charge is 0.434 e. The van der Waals surface area contributed by atoms with Crippen molar-refractivity contribution in [2.75, 3.05) is 0 Å². The average Bonchev–Trinajstić information content (AvgIpc) is 1.92. The molecular weight excluding hydrogens is 173 g/mol. The van der Waals surface area contributed by atoms with Gasteiger partial charge in [0.15, 0.2) is 5.69 Å². The van der Waals surface area contributed by atoms with Crippen LogP contribution in [0.15, 0.2) is 6.20 Å². The molecule has 0 aliphatic heterocycles. The van der Waals surface area contributed by atoms with Crippen LogP contribution >= 0.6 is 0 Å². The summed E-state index contributed by atoms with van der Waals surface area (Å²) in [6, 6.07) is 0. The largest absolute Gasteiger partial charge is 0.492 e. The molecule has 0 aliphatic rings. The fraction of sp³-hybridized carbons (Fsp3) is 0.333.